The first-order chi connectivity index (χ1) is 7.58. The number of rotatable bonds is 2. The van der Waals surface area contributed by atoms with E-state index >= 15 is 0 Å². The Bertz CT molecular complexity index is 515. The predicted octanol–water partition coefficient (Wildman–Crippen LogP) is 3.94. The molecule has 84 valence electrons. The third-order valence-corrected chi connectivity index (χ3v) is 2.65. The molecule has 1 aromatic heterocycles. The maximum absolute atomic E-state index is 13.6. The largest absolute Gasteiger partial charge is 0.334 e. The van der Waals surface area contributed by atoms with E-state index in [0.29, 0.717) is 10.3 Å². The fourth-order valence-corrected chi connectivity index (χ4v) is 1.59. The van der Waals surface area contributed by atoms with Crippen molar-refractivity contribution in [3.05, 3.63) is 34.3 Å². The molecule has 1 aromatic carbocycles. The summed E-state index contributed by atoms with van der Waals surface area (Å²) >= 11 is 8.95. The Hall–Kier alpha value is -0.940. The summed E-state index contributed by atoms with van der Waals surface area (Å²) in [7, 11) is 0. The number of nitrogens with zero attached hydrogens (tertiary/aromatic N) is 2. The van der Waals surface area contributed by atoms with Crippen molar-refractivity contribution in [1.29, 1.82) is 0 Å². The molecule has 0 saturated heterocycles. The SMILES string of the molecule is CC(Cl)c1noc(-c2ccc(Br)cc2F)n1. The Balaban J connectivity index is 2.42. The average molecular weight is 306 g/mol. The smallest absolute Gasteiger partial charge is 0.260 e. The van der Waals surface area contributed by atoms with Crippen LogP contribution in [0.2, 0.25) is 0 Å². The third kappa shape index (κ3) is 2.25. The minimum Gasteiger partial charge on any atom is -0.334 e. The normalized spacial score (nSPS) is 12.8. The molecule has 0 spiro atoms. The Labute approximate surface area is 105 Å². The Morgan fingerprint density at radius 3 is 2.81 bits per heavy atom. The highest BCUT2D eigenvalue weighted by Crippen LogP contribution is 2.26. The Kier molecular flexibility index (Phi) is 3.25. The van der Waals surface area contributed by atoms with Crippen molar-refractivity contribution in [1.82, 2.24) is 10.1 Å². The first-order valence-electron chi connectivity index (χ1n) is 4.51. The minimum atomic E-state index is -0.424. The van der Waals surface area contributed by atoms with E-state index in [4.69, 9.17) is 16.1 Å². The van der Waals surface area contributed by atoms with Crippen LogP contribution in [0.5, 0.6) is 0 Å². The van der Waals surface area contributed by atoms with Crippen molar-refractivity contribution in [2.24, 2.45) is 0 Å². The van der Waals surface area contributed by atoms with Crippen LogP contribution < -0.4 is 0 Å². The lowest BCUT2D eigenvalue weighted by molar-refractivity contribution is 0.420. The van der Waals surface area contributed by atoms with Gasteiger partial charge in [-0.2, -0.15) is 4.98 Å². The molecule has 0 aliphatic carbocycles. The summed E-state index contributed by atoms with van der Waals surface area (Å²) in [5.74, 6) is 0.0540. The van der Waals surface area contributed by atoms with Crippen molar-refractivity contribution < 1.29 is 8.91 Å². The van der Waals surface area contributed by atoms with E-state index in [1.54, 1.807) is 19.1 Å². The van der Waals surface area contributed by atoms with E-state index in [1.807, 2.05) is 0 Å². The van der Waals surface area contributed by atoms with Crippen LogP contribution in [0.3, 0.4) is 0 Å². The Morgan fingerprint density at radius 2 is 2.25 bits per heavy atom. The van der Waals surface area contributed by atoms with Crippen LogP contribution in [0.15, 0.2) is 27.2 Å². The maximum Gasteiger partial charge on any atom is 0.260 e. The van der Waals surface area contributed by atoms with E-state index in [1.165, 1.54) is 6.07 Å². The molecule has 0 amide bonds. The predicted molar refractivity (Wildman–Crippen MR) is 61.7 cm³/mol. The summed E-state index contributed by atoms with van der Waals surface area (Å²) in [4.78, 5) is 4.01. The number of benzene rings is 1. The lowest BCUT2D eigenvalue weighted by Gasteiger charge is -1.97. The highest BCUT2D eigenvalue weighted by Gasteiger charge is 2.15. The van der Waals surface area contributed by atoms with Gasteiger partial charge in [0.1, 0.15) is 5.82 Å². The van der Waals surface area contributed by atoms with Crippen LogP contribution in [0.25, 0.3) is 11.5 Å². The molecule has 1 heterocycles. The van der Waals surface area contributed by atoms with Gasteiger partial charge in [0.15, 0.2) is 5.82 Å². The zero-order valence-electron chi connectivity index (χ0n) is 8.25. The molecule has 2 rings (SSSR count). The lowest BCUT2D eigenvalue weighted by atomic mass is 10.2. The van der Waals surface area contributed by atoms with Crippen molar-refractivity contribution in [3.63, 3.8) is 0 Å². The Morgan fingerprint density at radius 1 is 1.50 bits per heavy atom. The van der Waals surface area contributed by atoms with Crippen LogP contribution in [0.1, 0.15) is 18.1 Å². The molecule has 3 nitrogen and oxygen atoms in total. The van der Waals surface area contributed by atoms with Gasteiger partial charge in [-0.05, 0) is 25.1 Å². The zero-order valence-corrected chi connectivity index (χ0v) is 10.6. The van der Waals surface area contributed by atoms with Gasteiger partial charge in [0.2, 0.25) is 0 Å². The van der Waals surface area contributed by atoms with Gasteiger partial charge in [0.25, 0.3) is 5.89 Å². The summed E-state index contributed by atoms with van der Waals surface area (Å²) < 4.78 is 19.1. The molecule has 2 aromatic rings. The molecule has 0 aliphatic rings. The monoisotopic (exact) mass is 304 g/mol. The second-order valence-electron chi connectivity index (χ2n) is 3.20. The van der Waals surface area contributed by atoms with Gasteiger partial charge in [-0.1, -0.05) is 21.1 Å². The van der Waals surface area contributed by atoms with Crippen LogP contribution in [-0.2, 0) is 0 Å². The van der Waals surface area contributed by atoms with Crippen LogP contribution in [0.4, 0.5) is 4.39 Å². The second-order valence-corrected chi connectivity index (χ2v) is 4.77. The summed E-state index contributed by atoms with van der Waals surface area (Å²) in [6.07, 6.45) is 0. The zero-order chi connectivity index (χ0) is 11.7. The number of hydrogen-bond acceptors (Lipinski definition) is 3. The van der Waals surface area contributed by atoms with Crippen LogP contribution >= 0.6 is 27.5 Å². The summed E-state index contributed by atoms with van der Waals surface area (Å²) in [6.45, 7) is 1.72. The number of halogens is 3. The van der Waals surface area contributed by atoms with E-state index in [-0.39, 0.29) is 16.8 Å². The van der Waals surface area contributed by atoms with E-state index < -0.39 is 5.82 Å². The van der Waals surface area contributed by atoms with Gasteiger partial charge in [-0.3, -0.25) is 0 Å². The lowest BCUT2D eigenvalue weighted by Crippen LogP contribution is -1.88. The van der Waals surface area contributed by atoms with E-state index in [2.05, 4.69) is 26.1 Å². The van der Waals surface area contributed by atoms with E-state index in [0.717, 1.165) is 0 Å². The van der Waals surface area contributed by atoms with Crippen LogP contribution in [0, 0.1) is 5.82 Å². The third-order valence-electron chi connectivity index (χ3n) is 1.96. The standard InChI is InChI=1S/C10H7BrClFN2O/c1-5(12)9-14-10(16-15-9)7-3-2-6(11)4-8(7)13/h2-5H,1H3. The molecule has 0 saturated carbocycles. The fourth-order valence-electron chi connectivity index (χ4n) is 1.17. The topological polar surface area (TPSA) is 38.9 Å². The molecule has 16 heavy (non-hydrogen) atoms. The number of hydrogen-bond donors (Lipinski definition) is 0. The maximum atomic E-state index is 13.6. The first kappa shape index (κ1) is 11.5. The van der Waals surface area contributed by atoms with Gasteiger partial charge in [0, 0.05) is 4.47 Å². The molecular formula is C10H7BrClFN2O. The number of aromatic nitrogens is 2. The van der Waals surface area contributed by atoms with Gasteiger partial charge >= 0.3 is 0 Å². The molecule has 0 fully saturated rings. The quantitative estimate of drug-likeness (QED) is 0.789. The molecule has 6 heteroatoms. The fraction of sp³-hybridized carbons (Fsp3) is 0.200. The van der Waals surface area contributed by atoms with Gasteiger partial charge in [0.05, 0.1) is 10.9 Å². The van der Waals surface area contributed by atoms with Crippen LogP contribution in [-0.4, -0.2) is 10.1 Å². The van der Waals surface area contributed by atoms with Gasteiger partial charge < -0.3 is 4.52 Å². The summed E-state index contributed by atoms with van der Waals surface area (Å²) in [5, 5.41) is 3.29. The molecule has 0 aliphatic heterocycles. The molecule has 1 unspecified atom stereocenters. The highest BCUT2D eigenvalue weighted by atomic mass is 79.9. The van der Waals surface area contributed by atoms with Gasteiger partial charge in [-0.25, -0.2) is 4.39 Å². The minimum absolute atomic E-state index is 0.132. The number of alkyl halides is 1. The van der Waals surface area contributed by atoms with Crippen molar-refractivity contribution >= 4 is 27.5 Å². The first-order valence-corrected chi connectivity index (χ1v) is 5.74. The highest BCUT2D eigenvalue weighted by molar-refractivity contribution is 9.10. The average Bonchev–Trinajstić information content (AvgIpc) is 2.66. The molecule has 1 atom stereocenters. The van der Waals surface area contributed by atoms with Crippen molar-refractivity contribution in [3.8, 4) is 11.5 Å². The van der Waals surface area contributed by atoms with Crippen molar-refractivity contribution in [2.75, 3.05) is 0 Å². The molecule has 0 N–H and O–H groups in total. The van der Waals surface area contributed by atoms with Crippen molar-refractivity contribution in [2.45, 2.75) is 12.3 Å². The van der Waals surface area contributed by atoms with E-state index in [9.17, 15) is 4.39 Å². The molecular weight excluding hydrogens is 298 g/mol. The second kappa shape index (κ2) is 4.51. The summed E-state index contributed by atoms with van der Waals surface area (Å²) in [5.41, 5.74) is 0.263. The molecule has 0 bridgehead atoms. The summed E-state index contributed by atoms with van der Waals surface area (Å²) in [6, 6.07) is 4.60. The van der Waals surface area contributed by atoms with Gasteiger partial charge in [-0.15, -0.1) is 11.6 Å². The molecule has 0 radical (unpaired) electrons.